The first-order chi connectivity index (χ1) is 9.85. The number of nitrogens with zero attached hydrogens (tertiary/aromatic N) is 3. The molecule has 3 rings (SSSR count). The molecule has 3 heterocycles. The second-order valence-electron chi connectivity index (χ2n) is 5.72. The van der Waals surface area contributed by atoms with E-state index in [9.17, 15) is 0 Å². The summed E-state index contributed by atoms with van der Waals surface area (Å²) in [6.45, 7) is 9.96. The number of piperazine rings is 1. The van der Waals surface area contributed by atoms with E-state index in [1.165, 1.54) is 5.56 Å². The van der Waals surface area contributed by atoms with E-state index in [4.69, 9.17) is 4.74 Å². The second-order valence-corrected chi connectivity index (χ2v) is 5.72. The number of aromatic nitrogens is 1. The van der Waals surface area contributed by atoms with E-state index in [1.807, 2.05) is 18.5 Å². The van der Waals surface area contributed by atoms with E-state index in [2.05, 4.69) is 33.5 Å². The van der Waals surface area contributed by atoms with E-state index in [0.717, 1.165) is 39.1 Å². The van der Waals surface area contributed by atoms with Crippen molar-refractivity contribution >= 4 is 0 Å². The summed E-state index contributed by atoms with van der Waals surface area (Å²) in [5, 5.41) is 0. The molecule has 0 spiro atoms. The summed E-state index contributed by atoms with van der Waals surface area (Å²) >= 11 is 0. The first-order valence-corrected chi connectivity index (χ1v) is 7.43. The maximum Gasteiger partial charge on any atom is 0.0721 e. The summed E-state index contributed by atoms with van der Waals surface area (Å²) in [5.74, 6) is 0. The Bertz CT molecular complexity index is 437. The van der Waals surface area contributed by atoms with Gasteiger partial charge in [0.15, 0.2) is 0 Å². The number of ether oxygens (including phenoxy) is 1. The fraction of sp³-hybridized carbons (Fsp3) is 0.562. The summed E-state index contributed by atoms with van der Waals surface area (Å²) < 4.78 is 5.81. The highest BCUT2D eigenvalue weighted by Gasteiger charge is 2.36. The van der Waals surface area contributed by atoms with Crippen molar-refractivity contribution < 1.29 is 4.74 Å². The molecule has 0 amide bonds. The number of pyridine rings is 1. The Morgan fingerprint density at radius 1 is 1.30 bits per heavy atom. The van der Waals surface area contributed by atoms with Gasteiger partial charge < -0.3 is 4.74 Å². The van der Waals surface area contributed by atoms with Gasteiger partial charge in [-0.15, -0.1) is 6.58 Å². The molecule has 1 aromatic heterocycles. The molecule has 2 atom stereocenters. The van der Waals surface area contributed by atoms with Crippen molar-refractivity contribution in [3.63, 3.8) is 0 Å². The standard InChI is InChI=1S/C16H23N3O/c1-2-9-20-16-10-15-12-18(7-8-19(15)13-16)11-14-3-5-17-6-4-14/h2-6,15-16H,1,7-13H2/t15-,16-/m0/s1. The topological polar surface area (TPSA) is 28.6 Å². The average Bonchev–Trinajstić information content (AvgIpc) is 2.88. The van der Waals surface area contributed by atoms with Crippen molar-refractivity contribution in [1.82, 2.24) is 14.8 Å². The lowest BCUT2D eigenvalue weighted by Crippen LogP contribution is -2.49. The van der Waals surface area contributed by atoms with E-state index in [-0.39, 0.29) is 0 Å². The molecular formula is C16H23N3O. The molecule has 0 bridgehead atoms. The van der Waals surface area contributed by atoms with Gasteiger partial charge in [-0.05, 0) is 24.1 Å². The maximum atomic E-state index is 5.81. The van der Waals surface area contributed by atoms with Gasteiger partial charge in [-0.25, -0.2) is 0 Å². The lowest BCUT2D eigenvalue weighted by Gasteiger charge is -2.37. The van der Waals surface area contributed by atoms with Crippen molar-refractivity contribution in [2.75, 3.05) is 32.8 Å². The number of hydrogen-bond acceptors (Lipinski definition) is 4. The van der Waals surface area contributed by atoms with Crippen LogP contribution in [0, 0.1) is 0 Å². The molecule has 0 unspecified atom stereocenters. The summed E-state index contributed by atoms with van der Waals surface area (Å²) in [5.41, 5.74) is 1.35. The number of rotatable bonds is 5. The largest absolute Gasteiger partial charge is 0.373 e. The third-order valence-electron chi connectivity index (χ3n) is 4.27. The lowest BCUT2D eigenvalue weighted by atomic mass is 10.1. The molecule has 2 fully saturated rings. The normalized spacial score (nSPS) is 27.4. The van der Waals surface area contributed by atoms with Crippen LogP contribution >= 0.6 is 0 Å². The Morgan fingerprint density at radius 2 is 2.15 bits per heavy atom. The van der Waals surface area contributed by atoms with Crippen molar-refractivity contribution in [1.29, 1.82) is 0 Å². The average molecular weight is 273 g/mol. The summed E-state index contributed by atoms with van der Waals surface area (Å²) in [7, 11) is 0. The molecule has 2 aliphatic heterocycles. The second kappa shape index (κ2) is 6.48. The SMILES string of the molecule is C=CCO[C@H]1C[C@H]2CN(Cc3ccncc3)CCN2C1. The van der Waals surface area contributed by atoms with Crippen molar-refractivity contribution in [3.05, 3.63) is 42.7 Å². The first-order valence-electron chi connectivity index (χ1n) is 7.43. The van der Waals surface area contributed by atoms with Crippen LogP contribution in [0.3, 0.4) is 0 Å². The van der Waals surface area contributed by atoms with E-state index >= 15 is 0 Å². The zero-order chi connectivity index (χ0) is 13.8. The van der Waals surface area contributed by atoms with Crippen LogP contribution in [0.2, 0.25) is 0 Å². The maximum absolute atomic E-state index is 5.81. The van der Waals surface area contributed by atoms with Gasteiger partial charge in [-0.2, -0.15) is 0 Å². The molecule has 4 nitrogen and oxygen atoms in total. The third-order valence-corrected chi connectivity index (χ3v) is 4.27. The molecular weight excluding hydrogens is 250 g/mol. The fourth-order valence-corrected chi connectivity index (χ4v) is 3.28. The van der Waals surface area contributed by atoms with Crippen LogP contribution in [-0.4, -0.2) is 59.7 Å². The smallest absolute Gasteiger partial charge is 0.0721 e. The molecule has 0 aliphatic carbocycles. The highest BCUT2D eigenvalue weighted by atomic mass is 16.5. The molecule has 0 radical (unpaired) electrons. The highest BCUT2D eigenvalue weighted by molar-refractivity contribution is 5.10. The van der Waals surface area contributed by atoms with Crippen LogP contribution in [0.4, 0.5) is 0 Å². The van der Waals surface area contributed by atoms with Crippen LogP contribution in [0.15, 0.2) is 37.2 Å². The number of fused-ring (bicyclic) bond motifs is 1. The number of hydrogen-bond donors (Lipinski definition) is 0. The highest BCUT2D eigenvalue weighted by Crippen LogP contribution is 2.24. The minimum Gasteiger partial charge on any atom is -0.373 e. The predicted molar refractivity (Wildman–Crippen MR) is 79.4 cm³/mol. The lowest BCUT2D eigenvalue weighted by molar-refractivity contribution is 0.0758. The van der Waals surface area contributed by atoms with Crippen LogP contribution in [0.1, 0.15) is 12.0 Å². The Morgan fingerprint density at radius 3 is 2.95 bits per heavy atom. The molecule has 4 heteroatoms. The Kier molecular flexibility index (Phi) is 4.45. The van der Waals surface area contributed by atoms with Crippen LogP contribution in [-0.2, 0) is 11.3 Å². The quantitative estimate of drug-likeness (QED) is 0.761. The van der Waals surface area contributed by atoms with Crippen molar-refractivity contribution in [3.8, 4) is 0 Å². The van der Waals surface area contributed by atoms with Gasteiger partial charge in [0.2, 0.25) is 0 Å². The third kappa shape index (κ3) is 3.26. The van der Waals surface area contributed by atoms with E-state index < -0.39 is 0 Å². The van der Waals surface area contributed by atoms with Gasteiger partial charge in [0.1, 0.15) is 0 Å². The van der Waals surface area contributed by atoms with Crippen molar-refractivity contribution in [2.24, 2.45) is 0 Å². The Balaban J connectivity index is 1.52. The molecule has 2 aliphatic rings. The fourth-order valence-electron chi connectivity index (χ4n) is 3.28. The zero-order valence-corrected chi connectivity index (χ0v) is 11.9. The first kappa shape index (κ1) is 13.7. The predicted octanol–water partition coefficient (Wildman–Crippen LogP) is 1.54. The van der Waals surface area contributed by atoms with E-state index in [0.29, 0.717) is 18.8 Å². The van der Waals surface area contributed by atoms with Crippen LogP contribution in [0.5, 0.6) is 0 Å². The van der Waals surface area contributed by atoms with Crippen molar-refractivity contribution in [2.45, 2.75) is 25.1 Å². The van der Waals surface area contributed by atoms with Crippen LogP contribution < -0.4 is 0 Å². The van der Waals surface area contributed by atoms with Gasteiger partial charge in [-0.3, -0.25) is 14.8 Å². The zero-order valence-electron chi connectivity index (χ0n) is 11.9. The van der Waals surface area contributed by atoms with Gasteiger partial charge in [-0.1, -0.05) is 6.08 Å². The molecule has 0 N–H and O–H groups in total. The molecule has 0 aromatic carbocycles. The van der Waals surface area contributed by atoms with Gasteiger partial charge in [0, 0.05) is 51.2 Å². The molecule has 20 heavy (non-hydrogen) atoms. The van der Waals surface area contributed by atoms with Gasteiger partial charge in [0.25, 0.3) is 0 Å². The monoisotopic (exact) mass is 273 g/mol. The van der Waals surface area contributed by atoms with E-state index in [1.54, 1.807) is 0 Å². The van der Waals surface area contributed by atoms with Crippen LogP contribution in [0.25, 0.3) is 0 Å². The molecule has 1 aromatic rings. The molecule has 2 saturated heterocycles. The summed E-state index contributed by atoms with van der Waals surface area (Å²) in [4.78, 5) is 9.21. The van der Waals surface area contributed by atoms with Gasteiger partial charge >= 0.3 is 0 Å². The Hall–Kier alpha value is -1.23. The minimum absolute atomic E-state index is 0.388. The Labute approximate surface area is 121 Å². The van der Waals surface area contributed by atoms with Gasteiger partial charge in [0.05, 0.1) is 12.7 Å². The molecule has 108 valence electrons. The summed E-state index contributed by atoms with van der Waals surface area (Å²) in [6, 6.07) is 4.87. The minimum atomic E-state index is 0.388. The molecule has 0 saturated carbocycles. The summed E-state index contributed by atoms with van der Waals surface area (Å²) in [6.07, 6.45) is 7.13.